The molecule has 1 aliphatic heterocycles. The molecule has 5 nitrogen and oxygen atoms in total. The Balaban J connectivity index is 0.00000162. The Labute approximate surface area is 128 Å². The molecule has 94 valence electrons. The predicted octanol–water partition coefficient (Wildman–Crippen LogP) is -2.06. The maximum absolute atomic E-state index is 11.3. The molecule has 0 fully saturated rings. The molecule has 2 rings (SSSR count). The summed E-state index contributed by atoms with van der Waals surface area (Å²) in [4.78, 5) is -2.43. The van der Waals surface area contributed by atoms with Crippen LogP contribution in [0.4, 0.5) is 0 Å². The van der Waals surface area contributed by atoms with Crippen molar-refractivity contribution in [2.45, 2.75) is 30.8 Å². The van der Waals surface area contributed by atoms with Crippen LogP contribution in [0.5, 0.6) is 5.75 Å². The van der Waals surface area contributed by atoms with Gasteiger partial charge in [0.2, 0.25) is 0 Å². The van der Waals surface area contributed by atoms with E-state index in [1.165, 1.54) is 12.1 Å². The van der Waals surface area contributed by atoms with Crippen molar-refractivity contribution in [1.29, 1.82) is 0 Å². The summed E-state index contributed by atoms with van der Waals surface area (Å²) in [5.41, 5.74) is -0.907. The number of hydrogen-bond donors (Lipinski definition) is 1. The van der Waals surface area contributed by atoms with Gasteiger partial charge in [-0.3, -0.25) is 0 Å². The summed E-state index contributed by atoms with van der Waals surface area (Å²) in [5.74, 6) is 0.227. The Hall–Kier alpha value is -0.110. The maximum Gasteiger partial charge on any atom is 1.00 e. The van der Waals surface area contributed by atoms with Gasteiger partial charge >= 0.3 is 29.6 Å². The first-order chi connectivity index (χ1) is 7.66. The van der Waals surface area contributed by atoms with E-state index < -0.39 is 20.7 Å². The number of ether oxygens (including phenoxy) is 1. The minimum Gasteiger partial charge on any atom is -0.745 e. The standard InChI is InChI=1S/C11H14O5S.Na/c1-10(2)7-11(12,17(13,14)15)8-5-3-4-6-9(8)16-10;/h3-6,12H,7H2,1-2H3,(H,13,14,15);/q;+1/p-1. The molecule has 0 saturated carbocycles. The van der Waals surface area contributed by atoms with Crippen molar-refractivity contribution in [3.63, 3.8) is 0 Å². The smallest absolute Gasteiger partial charge is 0.745 e. The van der Waals surface area contributed by atoms with E-state index in [9.17, 15) is 18.1 Å². The zero-order chi connectivity index (χ0) is 12.9. The van der Waals surface area contributed by atoms with E-state index in [0.717, 1.165) is 0 Å². The van der Waals surface area contributed by atoms with Crippen LogP contribution < -0.4 is 34.3 Å². The van der Waals surface area contributed by atoms with Gasteiger partial charge in [0.15, 0.2) is 4.93 Å². The molecule has 0 aromatic heterocycles. The van der Waals surface area contributed by atoms with Gasteiger partial charge in [-0.25, -0.2) is 8.42 Å². The van der Waals surface area contributed by atoms with Crippen molar-refractivity contribution in [1.82, 2.24) is 0 Å². The fraction of sp³-hybridized carbons (Fsp3) is 0.455. The van der Waals surface area contributed by atoms with Crippen LogP contribution in [0.2, 0.25) is 0 Å². The molecule has 7 heteroatoms. The quantitative estimate of drug-likeness (QED) is 0.472. The van der Waals surface area contributed by atoms with Crippen LogP contribution in [0.3, 0.4) is 0 Å². The number of rotatable bonds is 1. The van der Waals surface area contributed by atoms with E-state index in [1.807, 2.05) is 0 Å². The van der Waals surface area contributed by atoms with Crippen LogP contribution >= 0.6 is 0 Å². The summed E-state index contributed by atoms with van der Waals surface area (Å²) in [7, 11) is -4.88. The molecule has 1 aliphatic rings. The summed E-state index contributed by atoms with van der Waals surface area (Å²) < 4.78 is 39.4. The van der Waals surface area contributed by atoms with E-state index in [0.29, 0.717) is 0 Å². The Morgan fingerprint density at radius 3 is 2.44 bits per heavy atom. The van der Waals surface area contributed by atoms with Crippen molar-refractivity contribution < 1.29 is 52.4 Å². The van der Waals surface area contributed by atoms with Crippen molar-refractivity contribution >= 4 is 10.1 Å². The molecule has 1 aromatic carbocycles. The van der Waals surface area contributed by atoms with Crippen molar-refractivity contribution in [2.24, 2.45) is 0 Å². The molecule has 0 radical (unpaired) electrons. The molecule has 0 bridgehead atoms. The third kappa shape index (κ3) is 2.59. The van der Waals surface area contributed by atoms with Gasteiger partial charge in [0.05, 0.1) is 0 Å². The average molecular weight is 280 g/mol. The number of aliphatic hydroxyl groups is 1. The topological polar surface area (TPSA) is 86.7 Å². The van der Waals surface area contributed by atoms with Gasteiger partial charge in [-0.1, -0.05) is 18.2 Å². The Bertz CT molecular complexity index is 554. The van der Waals surface area contributed by atoms with Crippen LogP contribution in [0, 0.1) is 0 Å². The second-order valence-corrected chi connectivity index (χ2v) is 6.36. The second kappa shape index (κ2) is 4.77. The maximum atomic E-state index is 11.3. The van der Waals surface area contributed by atoms with Gasteiger partial charge in [-0.15, -0.1) is 0 Å². The van der Waals surface area contributed by atoms with Crippen molar-refractivity contribution in [3.8, 4) is 5.75 Å². The average Bonchev–Trinajstić information content (AvgIpc) is 2.14. The third-order valence-electron chi connectivity index (χ3n) is 2.77. The first-order valence-corrected chi connectivity index (χ1v) is 6.53. The molecule has 0 saturated heterocycles. The Kier molecular flexibility index (Phi) is 4.23. The van der Waals surface area contributed by atoms with Gasteiger partial charge in [0.25, 0.3) is 0 Å². The zero-order valence-corrected chi connectivity index (χ0v) is 13.3. The largest absolute Gasteiger partial charge is 1.00 e. The van der Waals surface area contributed by atoms with Crippen LogP contribution in [0.25, 0.3) is 0 Å². The first kappa shape index (κ1) is 15.9. The molecule has 18 heavy (non-hydrogen) atoms. The normalized spacial score (nSPS) is 25.6. The van der Waals surface area contributed by atoms with E-state index in [-0.39, 0.29) is 47.3 Å². The van der Waals surface area contributed by atoms with Gasteiger partial charge in [-0.2, -0.15) is 0 Å². The molecule has 1 atom stereocenters. The summed E-state index contributed by atoms with van der Waals surface area (Å²) in [5, 5.41) is 10.2. The summed E-state index contributed by atoms with van der Waals surface area (Å²) in [6.45, 7) is 3.25. The molecular weight excluding hydrogens is 267 g/mol. The van der Waals surface area contributed by atoms with Gasteiger partial charge in [0.1, 0.15) is 21.5 Å². The van der Waals surface area contributed by atoms with E-state index >= 15 is 0 Å². The van der Waals surface area contributed by atoms with Crippen molar-refractivity contribution in [3.05, 3.63) is 29.8 Å². The molecule has 1 N–H and O–H groups in total. The monoisotopic (exact) mass is 280 g/mol. The zero-order valence-electron chi connectivity index (χ0n) is 10.5. The number of hydrogen-bond acceptors (Lipinski definition) is 5. The van der Waals surface area contributed by atoms with Crippen LogP contribution in [-0.2, 0) is 15.1 Å². The fourth-order valence-electron chi connectivity index (χ4n) is 2.11. The summed E-state index contributed by atoms with van der Waals surface area (Å²) in [6, 6.07) is 6.13. The van der Waals surface area contributed by atoms with Gasteiger partial charge < -0.3 is 14.4 Å². The second-order valence-electron chi connectivity index (χ2n) is 4.77. The molecule has 1 unspecified atom stereocenters. The number of benzene rings is 1. The van der Waals surface area contributed by atoms with Gasteiger partial charge in [0, 0.05) is 12.0 Å². The SMILES string of the molecule is CC1(C)CC(O)(S(=O)(=O)[O-])c2ccccc2O1.[Na+]. The van der Waals surface area contributed by atoms with E-state index in [2.05, 4.69) is 0 Å². The molecule has 1 heterocycles. The first-order valence-electron chi connectivity index (χ1n) is 5.12. The molecule has 1 aromatic rings. The number of para-hydroxylation sites is 1. The van der Waals surface area contributed by atoms with Crippen LogP contribution in [0.15, 0.2) is 24.3 Å². The number of fused-ring (bicyclic) bond motifs is 1. The minimum atomic E-state index is -4.88. The third-order valence-corrected chi connectivity index (χ3v) is 3.96. The minimum absolute atomic E-state index is 0. The van der Waals surface area contributed by atoms with Gasteiger partial charge in [-0.05, 0) is 19.9 Å². The molecule has 0 amide bonds. The van der Waals surface area contributed by atoms with Crippen LogP contribution in [0.1, 0.15) is 25.8 Å². The Morgan fingerprint density at radius 1 is 1.33 bits per heavy atom. The summed E-state index contributed by atoms with van der Waals surface area (Å²) in [6.07, 6.45) is -0.289. The molecule has 0 spiro atoms. The van der Waals surface area contributed by atoms with Crippen LogP contribution in [-0.4, -0.2) is 23.7 Å². The van der Waals surface area contributed by atoms with Crippen molar-refractivity contribution in [2.75, 3.05) is 0 Å². The predicted molar refractivity (Wildman–Crippen MR) is 59.4 cm³/mol. The molecule has 0 aliphatic carbocycles. The fourth-order valence-corrected chi connectivity index (χ4v) is 3.07. The van der Waals surface area contributed by atoms with E-state index in [1.54, 1.807) is 26.0 Å². The van der Waals surface area contributed by atoms with E-state index in [4.69, 9.17) is 4.74 Å². The Morgan fingerprint density at radius 2 is 1.89 bits per heavy atom. The molecular formula is C11H13NaO5S. The summed E-state index contributed by atoms with van der Waals surface area (Å²) >= 11 is 0.